The molecule has 4 saturated heterocycles. The highest BCUT2D eigenvalue weighted by Gasteiger charge is 2.38. The Morgan fingerprint density at radius 3 is 1.19 bits per heavy atom. The summed E-state index contributed by atoms with van der Waals surface area (Å²) in [6.45, 7) is 11.7. The van der Waals surface area contributed by atoms with Gasteiger partial charge in [0.2, 0.25) is 0 Å². The van der Waals surface area contributed by atoms with Crippen molar-refractivity contribution in [2.75, 3.05) is 52.4 Å². The van der Waals surface area contributed by atoms with Crippen LogP contribution in [0.4, 0.5) is 0 Å². The predicted octanol–water partition coefficient (Wildman–Crippen LogP) is -1.58. The summed E-state index contributed by atoms with van der Waals surface area (Å²) in [4.78, 5) is 0. The number of quaternary nitrogens is 2. The maximum Gasteiger partial charge on any atom is 0.0789 e. The highest BCUT2D eigenvalue weighted by Crippen LogP contribution is 2.35. The Balaban J connectivity index is 0.00000121. The lowest BCUT2D eigenvalue weighted by molar-refractivity contribution is -0.922. The molecule has 4 rings (SSSR count). The van der Waals surface area contributed by atoms with E-state index in [-0.39, 0.29) is 34.0 Å². The Morgan fingerprint density at radius 2 is 0.885 bits per heavy atom. The minimum absolute atomic E-state index is 0. The molecular weight excluding hydrogens is 476 g/mol. The van der Waals surface area contributed by atoms with E-state index in [0.29, 0.717) is 5.38 Å². The minimum Gasteiger partial charge on any atom is -1.00 e. The predicted molar refractivity (Wildman–Crippen MR) is 102 cm³/mol. The molecule has 154 valence electrons. The van der Waals surface area contributed by atoms with Gasteiger partial charge in [-0.15, -0.1) is 11.6 Å². The van der Waals surface area contributed by atoms with Crippen molar-refractivity contribution in [1.29, 1.82) is 0 Å². The first-order valence-electron chi connectivity index (χ1n) is 11.0. The Labute approximate surface area is 187 Å². The van der Waals surface area contributed by atoms with Crippen LogP contribution >= 0.6 is 11.6 Å². The van der Waals surface area contributed by atoms with Crippen LogP contribution in [0.5, 0.6) is 0 Å². The summed E-state index contributed by atoms with van der Waals surface area (Å²) in [6.07, 6.45) is 14.3. The molecule has 0 aromatic rings. The first-order valence-corrected chi connectivity index (χ1v) is 11.5. The number of hydrogen-bond donors (Lipinski definition) is 0. The lowest BCUT2D eigenvalue weighted by atomic mass is 9.85. The summed E-state index contributed by atoms with van der Waals surface area (Å²) in [5, 5.41) is 0.454. The van der Waals surface area contributed by atoms with Crippen molar-refractivity contribution < 1.29 is 42.9 Å². The largest absolute Gasteiger partial charge is 1.00 e. The number of nitrogens with zero attached hydrogens (tertiary/aromatic N) is 2. The van der Waals surface area contributed by atoms with Gasteiger partial charge in [0.05, 0.1) is 52.4 Å². The van der Waals surface area contributed by atoms with E-state index in [0.717, 1.165) is 11.8 Å². The molecular formula is C21H39Br2ClN2. The van der Waals surface area contributed by atoms with Crippen molar-refractivity contribution in [3.63, 3.8) is 0 Å². The van der Waals surface area contributed by atoms with E-state index in [1.54, 1.807) is 0 Å². The van der Waals surface area contributed by atoms with Crippen LogP contribution < -0.4 is 34.0 Å². The second-order valence-corrected chi connectivity index (χ2v) is 10.5. The summed E-state index contributed by atoms with van der Waals surface area (Å²) in [6, 6.07) is 0. The molecule has 4 aliphatic rings. The number of halogens is 3. The van der Waals surface area contributed by atoms with E-state index in [2.05, 4.69) is 0 Å². The fraction of sp³-hybridized carbons (Fsp3) is 1.00. The molecule has 5 heteroatoms. The molecule has 2 nitrogen and oxygen atoms in total. The van der Waals surface area contributed by atoms with Gasteiger partial charge in [0, 0.05) is 31.1 Å². The van der Waals surface area contributed by atoms with Gasteiger partial charge in [-0.25, -0.2) is 0 Å². The van der Waals surface area contributed by atoms with Crippen molar-refractivity contribution in [3.8, 4) is 0 Å². The summed E-state index contributed by atoms with van der Waals surface area (Å²) in [7, 11) is 0. The Hall–Kier alpha value is 1.17. The van der Waals surface area contributed by atoms with Gasteiger partial charge >= 0.3 is 0 Å². The van der Waals surface area contributed by atoms with E-state index in [9.17, 15) is 0 Å². The molecule has 0 N–H and O–H groups in total. The third-order valence-corrected chi connectivity index (χ3v) is 8.61. The van der Waals surface area contributed by atoms with Gasteiger partial charge in [0.15, 0.2) is 0 Å². The molecule has 0 aliphatic carbocycles. The van der Waals surface area contributed by atoms with Gasteiger partial charge in [0.1, 0.15) is 0 Å². The summed E-state index contributed by atoms with van der Waals surface area (Å²) in [5.74, 6) is 1.86. The SMILES string of the molecule is ClC(CC1CC[N+]2(CCCC2)CC1)CC1CC[N+]2(CCCC2)CC1.[Br-].[Br-]. The fourth-order valence-electron chi connectivity index (χ4n) is 6.54. The molecule has 0 atom stereocenters. The second kappa shape index (κ2) is 10.3. The minimum atomic E-state index is 0. The van der Waals surface area contributed by atoms with E-state index >= 15 is 0 Å². The van der Waals surface area contributed by atoms with Crippen molar-refractivity contribution in [2.24, 2.45) is 11.8 Å². The summed E-state index contributed by atoms with van der Waals surface area (Å²) < 4.78 is 2.93. The first kappa shape index (κ1) is 23.4. The summed E-state index contributed by atoms with van der Waals surface area (Å²) in [5.41, 5.74) is 0. The van der Waals surface area contributed by atoms with Crippen LogP contribution in [-0.4, -0.2) is 66.7 Å². The topological polar surface area (TPSA) is 0 Å². The van der Waals surface area contributed by atoms with Crippen molar-refractivity contribution in [3.05, 3.63) is 0 Å². The molecule has 0 amide bonds. The lowest BCUT2D eigenvalue weighted by Gasteiger charge is -2.42. The molecule has 26 heavy (non-hydrogen) atoms. The first-order chi connectivity index (χ1) is 11.7. The highest BCUT2D eigenvalue weighted by molar-refractivity contribution is 6.20. The standard InChI is InChI=1S/C21H39ClN2.2BrH/c22-21(17-19-5-13-23(14-6-19)9-1-2-10-23)18-20-7-15-24(16-8-20)11-3-4-12-24;;/h19-21H,1-18H2;2*1H/q+2;;/p-2. The van der Waals surface area contributed by atoms with Gasteiger partial charge in [-0.1, -0.05) is 0 Å². The van der Waals surface area contributed by atoms with Crippen LogP contribution in [0, 0.1) is 11.8 Å². The molecule has 4 aliphatic heterocycles. The zero-order chi connectivity index (χ0) is 16.5. The molecule has 2 spiro atoms. The maximum atomic E-state index is 6.84. The van der Waals surface area contributed by atoms with Crippen LogP contribution in [0.15, 0.2) is 0 Å². The van der Waals surface area contributed by atoms with Gasteiger partial charge < -0.3 is 42.9 Å². The van der Waals surface area contributed by atoms with Crippen molar-refractivity contribution >= 4 is 11.6 Å². The third-order valence-electron chi connectivity index (χ3n) is 8.25. The lowest BCUT2D eigenvalue weighted by Crippen LogP contribution is -3.00. The van der Waals surface area contributed by atoms with Crippen molar-refractivity contribution in [2.45, 2.75) is 69.6 Å². The Morgan fingerprint density at radius 1 is 0.577 bits per heavy atom. The molecule has 0 aromatic carbocycles. The van der Waals surface area contributed by atoms with E-state index < -0.39 is 0 Å². The summed E-state index contributed by atoms with van der Waals surface area (Å²) >= 11 is 6.84. The average molecular weight is 515 g/mol. The van der Waals surface area contributed by atoms with Crippen LogP contribution in [0.1, 0.15) is 64.2 Å². The molecule has 0 bridgehead atoms. The van der Waals surface area contributed by atoms with Gasteiger partial charge in [0.25, 0.3) is 0 Å². The fourth-order valence-corrected chi connectivity index (χ4v) is 7.04. The van der Waals surface area contributed by atoms with E-state index in [4.69, 9.17) is 11.6 Å². The Bertz CT molecular complexity index is 364. The normalized spacial score (nSPS) is 31.5. The van der Waals surface area contributed by atoms with Crippen LogP contribution in [-0.2, 0) is 0 Å². The molecule has 0 unspecified atom stereocenters. The number of rotatable bonds is 4. The van der Waals surface area contributed by atoms with Gasteiger partial charge in [-0.3, -0.25) is 0 Å². The van der Waals surface area contributed by atoms with Crippen molar-refractivity contribution in [1.82, 2.24) is 0 Å². The van der Waals surface area contributed by atoms with E-state index in [1.165, 1.54) is 126 Å². The van der Waals surface area contributed by atoms with Crippen LogP contribution in [0.2, 0.25) is 0 Å². The maximum absolute atomic E-state index is 6.84. The van der Waals surface area contributed by atoms with Gasteiger partial charge in [-0.2, -0.15) is 0 Å². The molecule has 0 saturated carbocycles. The Kier molecular flexibility index (Phi) is 9.27. The molecule has 4 fully saturated rings. The zero-order valence-corrected chi connectivity index (χ0v) is 20.4. The third kappa shape index (κ3) is 5.62. The molecule has 4 heterocycles. The van der Waals surface area contributed by atoms with Crippen LogP contribution in [0.3, 0.4) is 0 Å². The number of piperidine rings is 2. The monoisotopic (exact) mass is 512 g/mol. The number of alkyl halides is 1. The zero-order valence-electron chi connectivity index (χ0n) is 16.5. The average Bonchev–Trinajstić information content (AvgIpc) is 3.23. The smallest absolute Gasteiger partial charge is 0.0789 e. The van der Waals surface area contributed by atoms with Crippen LogP contribution in [0.25, 0.3) is 0 Å². The quantitative estimate of drug-likeness (QED) is 0.314. The molecule has 0 aromatic heterocycles. The second-order valence-electron chi connectivity index (χ2n) is 9.84. The highest BCUT2D eigenvalue weighted by atomic mass is 79.9. The van der Waals surface area contributed by atoms with E-state index in [1.807, 2.05) is 0 Å². The number of hydrogen-bond acceptors (Lipinski definition) is 0. The molecule has 0 radical (unpaired) electrons. The van der Waals surface area contributed by atoms with Gasteiger partial charge in [-0.05, 0) is 50.4 Å².